The van der Waals surface area contributed by atoms with Gasteiger partial charge in [0.25, 0.3) is 0 Å². The van der Waals surface area contributed by atoms with Gasteiger partial charge in [-0.2, -0.15) is 11.8 Å². The minimum atomic E-state index is -0.693. The second kappa shape index (κ2) is 4.91. The highest BCUT2D eigenvalue weighted by Gasteiger charge is 2.40. The number of rotatable bonds is 3. The minimum absolute atomic E-state index is 0.162. The largest absolute Gasteiger partial charge is 0.491 e. The van der Waals surface area contributed by atoms with Crippen molar-refractivity contribution in [1.82, 2.24) is 0 Å². The minimum Gasteiger partial charge on any atom is -0.491 e. The van der Waals surface area contributed by atoms with Crippen LogP contribution in [-0.2, 0) is 5.60 Å². The topological polar surface area (TPSA) is 29.5 Å². The standard InChI is InChI=1S/C14H20O2S/c1-10(2)16-13-6-4-5-12(9-13)14(15)7-8-17-11(14)3/h4-6,9-11,15H,7-8H2,1-3H3. The van der Waals surface area contributed by atoms with Crippen LogP contribution in [0.2, 0.25) is 0 Å². The number of benzene rings is 1. The van der Waals surface area contributed by atoms with Crippen molar-refractivity contribution in [3.05, 3.63) is 29.8 Å². The van der Waals surface area contributed by atoms with Crippen molar-refractivity contribution in [2.75, 3.05) is 5.75 Å². The molecule has 0 saturated carbocycles. The maximum absolute atomic E-state index is 10.7. The van der Waals surface area contributed by atoms with E-state index in [1.807, 2.05) is 49.9 Å². The molecule has 0 amide bonds. The fraction of sp³-hybridized carbons (Fsp3) is 0.571. The molecule has 0 aromatic heterocycles. The van der Waals surface area contributed by atoms with Crippen LogP contribution >= 0.6 is 11.8 Å². The zero-order chi connectivity index (χ0) is 12.5. The Labute approximate surface area is 107 Å². The van der Waals surface area contributed by atoms with E-state index in [0.29, 0.717) is 0 Å². The third-order valence-electron chi connectivity index (χ3n) is 3.23. The van der Waals surface area contributed by atoms with E-state index in [1.54, 1.807) is 0 Å². The molecule has 0 radical (unpaired) electrons. The molecule has 94 valence electrons. The second-order valence-electron chi connectivity index (χ2n) is 4.88. The number of ether oxygens (including phenoxy) is 1. The van der Waals surface area contributed by atoms with Gasteiger partial charge in [0.15, 0.2) is 0 Å². The molecule has 1 aliphatic heterocycles. The van der Waals surface area contributed by atoms with E-state index in [-0.39, 0.29) is 11.4 Å². The Hall–Kier alpha value is -0.670. The van der Waals surface area contributed by atoms with Crippen LogP contribution in [0, 0.1) is 0 Å². The normalized spacial score (nSPS) is 28.6. The number of aliphatic hydroxyl groups is 1. The monoisotopic (exact) mass is 252 g/mol. The fourth-order valence-corrected chi connectivity index (χ4v) is 3.53. The molecule has 0 bridgehead atoms. The Kier molecular flexibility index (Phi) is 3.69. The molecule has 1 aliphatic rings. The number of hydrogen-bond donors (Lipinski definition) is 1. The first-order valence-corrected chi connectivity index (χ1v) is 7.18. The highest BCUT2D eigenvalue weighted by molar-refractivity contribution is 8.00. The zero-order valence-electron chi connectivity index (χ0n) is 10.6. The lowest BCUT2D eigenvalue weighted by atomic mass is 9.88. The van der Waals surface area contributed by atoms with E-state index in [4.69, 9.17) is 4.74 Å². The molecule has 2 nitrogen and oxygen atoms in total. The predicted octanol–water partition coefficient (Wildman–Crippen LogP) is 3.19. The molecule has 2 atom stereocenters. The molecule has 2 rings (SSSR count). The summed E-state index contributed by atoms with van der Waals surface area (Å²) in [6, 6.07) is 7.87. The Morgan fingerprint density at radius 3 is 2.82 bits per heavy atom. The summed E-state index contributed by atoms with van der Waals surface area (Å²) in [6.07, 6.45) is 0.986. The van der Waals surface area contributed by atoms with Crippen molar-refractivity contribution < 1.29 is 9.84 Å². The Morgan fingerprint density at radius 2 is 2.24 bits per heavy atom. The quantitative estimate of drug-likeness (QED) is 0.896. The lowest BCUT2D eigenvalue weighted by Crippen LogP contribution is -2.31. The molecule has 1 aromatic carbocycles. The molecular weight excluding hydrogens is 232 g/mol. The number of thioether (sulfide) groups is 1. The molecule has 0 aliphatic carbocycles. The van der Waals surface area contributed by atoms with Gasteiger partial charge in [0.05, 0.1) is 6.10 Å². The summed E-state index contributed by atoms with van der Waals surface area (Å²) in [5.41, 5.74) is 0.286. The van der Waals surface area contributed by atoms with Gasteiger partial charge in [0.1, 0.15) is 11.4 Å². The highest BCUT2D eigenvalue weighted by atomic mass is 32.2. The lowest BCUT2D eigenvalue weighted by Gasteiger charge is -2.27. The molecule has 2 unspecified atom stereocenters. The first-order chi connectivity index (χ1) is 8.02. The van der Waals surface area contributed by atoms with Crippen molar-refractivity contribution in [3.63, 3.8) is 0 Å². The van der Waals surface area contributed by atoms with Crippen LogP contribution < -0.4 is 4.74 Å². The van der Waals surface area contributed by atoms with Crippen LogP contribution in [0.5, 0.6) is 5.75 Å². The van der Waals surface area contributed by atoms with E-state index in [2.05, 4.69) is 6.92 Å². The van der Waals surface area contributed by atoms with Crippen molar-refractivity contribution in [2.24, 2.45) is 0 Å². The molecule has 17 heavy (non-hydrogen) atoms. The van der Waals surface area contributed by atoms with Gasteiger partial charge in [-0.1, -0.05) is 19.1 Å². The predicted molar refractivity (Wildman–Crippen MR) is 72.6 cm³/mol. The average Bonchev–Trinajstić information content (AvgIpc) is 2.60. The van der Waals surface area contributed by atoms with Gasteiger partial charge >= 0.3 is 0 Å². The van der Waals surface area contributed by atoms with Crippen molar-refractivity contribution in [3.8, 4) is 5.75 Å². The van der Waals surface area contributed by atoms with Crippen LogP contribution in [0.1, 0.15) is 32.8 Å². The Balaban J connectivity index is 2.26. The van der Waals surface area contributed by atoms with E-state index in [9.17, 15) is 5.11 Å². The summed E-state index contributed by atoms with van der Waals surface area (Å²) in [4.78, 5) is 0. The van der Waals surface area contributed by atoms with Gasteiger partial charge in [-0.05, 0) is 43.7 Å². The summed E-state index contributed by atoms with van der Waals surface area (Å²) in [5.74, 6) is 1.86. The average molecular weight is 252 g/mol. The van der Waals surface area contributed by atoms with Gasteiger partial charge < -0.3 is 9.84 Å². The summed E-state index contributed by atoms with van der Waals surface area (Å²) >= 11 is 1.83. The van der Waals surface area contributed by atoms with E-state index in [0.717, 1.165) is 23.5 Å². The highest BCUT2D eigenvalue weighted by Crippen LogP contribution is 2.43. The zero-order valence-corrected chi connectivity index (χ0v) is 11.5. The van der Waals surface area contributed by atoms with Gasteiger partial charge in [-0.15, -0.1) is 0 Å². The maximum atomic E-state index is 10.7. The van der Waals surface area contributed by atoms with Gasteiger partial charge in [-0.3, -0.25) is 0 Å². The van der Waals surface area contributed by atoms with Crippen molar-refractivity contribution in [2.45, 2.75) is 44.1 Å². The molecule has 1 fully saturated rings. The molecular formula is C14H20O2S. The smallest absolute Gasteiger partial charge is 0.120 e. The molecule has 1 N–H and O–H groups in total. The van der Waals surface area contributed by atoms with E-state index in [1.165, 1.54) is 0 Å². The number of hydrogen-bond acceptors (Lipinski definition) is 3. The van der Waals surface area contributed by atoms with E-state index >= 15 is 0 Å². The molecule has 1 aromatic rings. The first kappa shape index (κ1) is 12.8. The summed E-state index contributed by atoms with van der Waals surface area (Å²) in [5, 5.41) is 11.0. The maximum Gasteiger partial charge on any atom is 0.120 e. The van der Waals surface area contributed by atoms with Crippen LogP contribution in [-0.4, -0.2) is 22.2 Å². The van der Waals surface area contributed by atoms with Gasteiger partial charge in [-0.25, -0.2) is 0 Å². The molecule has 1 saturated heterocycles. The molecule has 0 spiro atoms. The summed E-state index contributed by atoms with van der Waals surface area (Å²) in [6.45, 7) is 6.11. The lowest BCUT2D eigenvalue weighted by molar-refractivity contribution is 0.0423. The SMILES string of the molecule is CC(C)Oc1cccc(C2(O)CCSC2C)c1. The van der Waals surface area contributed by atoms with Crippen molar-refractivity contribution >= 4 is 11.8 Å². The Morgan fingerprint density at radius 1 is 1.47 bits per heavy atom. The molecule has 3 heteroatoms. The summed E-state index contributed by atoms with van der Waals surface area (Å²) in [7, 11) is 0. The van der Waals surface area contributed by atoms with Crippen LogP contribution in [0.25, 0.3) is 0 Å². The van der Waals surface area contributed by atoms with Gasteiger partial charge in [0.2, 0.25) is 0 Å². The first-order valence-electron chi connectivity index (χ1n) is 6.13. The van der Waals surface area contributed by atoms with Crippen LogP contribution in [0.15, 0.2) is 24.3 Å². The third kappa shape index (κ3) is 2.61. The fourth-order valence-electron chi connectivity index (χ4n) is 2.22. The van der Waals surface area contributed by atoms with Gasteiger partial charge in [0, 0.05) is 5.25 Å². The Bertz CT molecular complexity index is 392. The van der Waals surface area contributed by atoms with Crippen molar-refractivity contribution in [1.29, 1.82) is 0 Å². The molecule has 1 heterocycles. The van der Waals surface area contributed by atoms with Crippen LogP contribution in [0.3, 0.4) is 0 Å². The van der Waals surface area contributed by atoms with E-state index < -0.39 is 5.60 Å². The second-order valence-corrected chi connectivity index (χ2v) is 6.33. The summed E-state index contributed by atoms with van der Waals surface area (Å²) < 4.78 is 5.68. The third-order valence-corrected chi connectivity index (χ3v) is 4.56. The van der Waals surface area contributed by atoms with Crippen LogP contribution in [0.4, 0.5) is 0 Å².